The molecule has 0 spiro atoms. The summed E-state index contributed by atoms with van der Waals surface area (Å²) in [7, 11) is 0. The topological polar surface area (TPSA) is 84.0 Å². The van der Waals surface area contributed by atoms with Gasteiger partial charge >= 0.3 is 0 Å². The number of hydrogen-bond donors (Lipinski definition) is 3. The highest BCUT2D eigenvalue weighted by atomic mass is 16.5. The lowest BCUT2D eigenvalue weighted by molar-refractivity contribution is 0.306. The van der Waals surface area contributed by atoms with Crippen LogP contribution in [0.2, 0.25) is 0 Å². The molecule has 1 aromatic heterocycles. The number of nitrogens with two attached hydrogens (primary N) is 1. The number of pyridine rings is 1. The van der Waals surface area contributed by atoms with Gasteiger partial charge in [0.15, 0.2) is 0 Å². The molecule has 0 unspecified atom stereocenters. The Bertz CT molecular complexity index is 1040. The highest BCUT2D eigenvalue weighted by Gasteiger charge is 2.12. The lowest BCUT2D eigenvalue weighted by Crippen LogP contribution is -2.16. The fourth-order valence-corrected chi connectivity index (χ4v) is 2.83. The molecule has 0 amide bonds. The highest BCUT2D eigenvalue weighted by Crippen LogP contribution is 2.25. The van der Waals surface area contributed by atoms with Gasteiger partial charge in [-0.15, -0.1) is 0 Å². The lowest BCUT2D eigenvalue weighted by atomic mass is 10.0. The Morgan fingerprint density at radius 1 is 1.13 bits per heavy atom. The zero-order valence-corrected chi connectivity index (χ0v) is 17.1. The van der Waals surface area contributed by atoms with E-state index in [9.17, 15) is 0 Å². The maximum Gasteiger partial charge on any atom is 0.132 e. The Morgan fingerprint density at radius 3 is 2.57 bits per heavy atom. The van der Waals surface area contributed by atoms with Gasteiger partial charge in [0, 0.05) is 17.3 Å². The van der Waals surface area contributed by atoms with Gasteiger partial charge in [-0.1, -0.05) is 62.0 Å². The van der Waals surface area contributed by atoms with Crippen LogP contribution in [0.5, 0.6) is 5.75 Å². The molecule has 3 aromatic rings. The van der Waals surface area contributed by atoms with Gasteiger partial charge in [-0.05, 0) is 41.9 Å². The summed E-state index contributed by atoms with van der Waals surface area (Å²) in [5.41, 5.74) is 10.2. The number of nitrogens with zero attached hydrogens (tertiary/aromatic N) is 1. The van der Waals surface area contributed by atoms with Gasteiger partial charge in [-0.25, -0.2) is 4.98 Å². The van der Waals surface area contributed by atoms with Crippen molar-refractivity contribution in [1.82, 2.24) is 10.3 Å². The van der Waals surface area contributed by atoms with E-state index in [0.29, 0.717) is 23.7 Å². The Labute approximate surface area is 177 Å². The van der Waals surface area contributed by atoms with Crippen molar-refractivity contribution < 1.29 is 4.74 Å². The van der Waals surface area contributed by atoms with Crippen molar-refractivity contribution in [3.05, 3.63) is 103 Å². The van der Waals surface area contributed by atoms with Crippen LogP contribution in [-0.2, 0) is 6.61 Å². The van der Waals surface area contributed by atoms with E-state index in [2.05, 4.69) is 16.9 Å². The Kier molecular flexibility index (Phi) is 7.00. The van der Waals surface area contributed by atoms with E-state index in [0.717, 1.165) is 28.9 Å². The van der Waals surface area contributed by atoms with E-state index >= 15 is 0 Å². The van der Waals surface area contributed by atoms with Crippen molar-refractivity contribution in [3.63, 3.8) is 0 Å². The van der Waals surface area contributed by atoms with Crippen LogP contribution in [0, 0.1) is 5.41 Å². The number of aromatic nitrogens is 1. The maximum absolute atomic E-state index is 8.41. The van der Waals surface area contributed by atoms with Gasteiger partial charge in [0.25, 0.3) is 0 Å². The van der Waals surface area contributed by atoms with E-state index in [-0.39, 0.29) is 5.71 Å². The van der Waals surface area contributed by atoms with E-state index in [1.54, 1.807) is 12.4 Å². The van der Waals surface area contributed by atoms with Gasteiger partial charge in [0.05, 0.1) is 11.4 Å². The monoisotopic (exact) mass is 398 g/mol. The zero-order chi connectivity index (χ0) is 21.3. The average Bonchev–Trinajstić information content (AvgIpc) is 2.79. The minimum absolute atomic E-state index is 0.213. The van der Waals surface area contributed by atoms with Gasteiger partial charge < -0.3 is 15.8 Å². The van der Waals surface area contributed by atoms with Crippen LogP contribution in [0.4, 0.5) is 5.82 Å². The molecule has 0 bridgehead atoms. The quantitative estimate of drug-likeness (QED) is 0.427. The van der Waals surface area contributed by atoms with E-state index in [4.69, 9.17) is 15.9 Å². The largest absolute Gasteiger partial charge is 0.489 e. The summed E-state index contributed by atoms with van der Waals surface area (Å²) in [4.78, 5) is 4.27. The Balaban J connectivity index is 1.73. The van der Waals surface area contributed by atoms with Gasteiger partial charge in [-0.2, -0.15) is 0 Å². The van der Waals surface area contributed by atoms with Gasteiger partial charge in [-0.3, -0.25) is 5.41 Å². The molecule has 0 aliphatic rings. The molecule has 2 aromatic carbocycles. The first kappa shape index (κ1) is 20.9. The van der Waals surface area contributed by atoms with Crippen LogP contribution in [0.3, 0.4) is 0 Å². The van der Waals surface area contributed by atoms with Gasteiger partial charge in [0.1, 0.15) is 18.2 Å². The third kappa shape index (κ3) is 5.35. The molecule has 0 saturated heterocycles. The number of anilines is 1. The van der Waals surface area contributed by atoms with Crippen LogP contribution in [0.15, 0.2) is 91.4 Å². The molecule has 5 nitrogen and oxygen atoms in total. The van der Waals surface area contributed by atoms with Crippen molar-refractivity contribution in [2.24, 2.45) is 0 Å². The molecule has 30 heavy (non-hydrogen) atoms. The third-order valence-corrected chi connectivity index (χ3v) is 4.54. The maximum atomic E-state index is 8.41. The number of nitrogen functional groups attached to an aromatic ring is 1. The van der Waals surface area contributed by atoms with Crippen molar-refractivity contribution in [2.45, 2.75) is 20.0 Å². The molecule has 3 rings (SSSR count). The first-order valence-corrected chi connectivity index (χ1v) is 9.81. The number of hydrogen-bond acceptors (Lipinski definition) is 5. The van der Waals surface area contributed by atoms with Gasteiger partial charge in [0.2, 0.25) is 0 Å². The molecule has 0 atom stereocenters. The predicted octanol–water partition coefficient (Wildman–Crippen LogP) is 5.30. The molecule has 0 radical (unpaired) electrons. The second kappa shape index (κ2) is 10.1. The van der Waals surface area contributed by atoms with Crippen LogP contribution in [0.1, 0.15) is 24.5 Å². The van der Waals surface area contributed by atoms with Crippen LogP contribution in [0.25, 0.3) is 11.1 Å². The fourth-order valence-electron chi connectivity index (χ4n) is 2.83. The summed E-state index contributed by atoms with van der Waals surface area (Å²) in [5, 5.41) is 11.4. The zero-order valence-electron chi connectivity index (χ0n) is 17.1. The normalized spacial score (nSPS) is 10.7. The standard InChI is InChI=1S/C25H26N4O/c1-3-4-14-28-18(2)24(26)23-15-21(16-29-25(23)27)20-10-12-22(13-11-20)30-17-19-8-6-5-7-9-19/h4-16,26,28H,2-3,17H2,1H3,(H2,27,29)/b14-4-,26-24?. The molecular formula is C25H26N4O. The second-order valence-electron chi connectivity index (χ2n) is 6.76. The van der Waals surface area contributed by atoms with Crippen molar-refractivity contribution >= 4 is 11.5 Å². The Morgan fingerprint density at radius 2 is 1.87 bits per heavy atom. The summed E-state index contributed by atoms with van der Waals surface area (Å²) in [6, 6.07) is 19.7. The number of allylic oxidation sites excluding steroid dienone is 2. The molecular weight excluding hydrogens is 372 g/mol. The summed E-state index contributed by atoms with van der Waals surface area (Å²) in [6.45, 7) is 6.47. The number of ether oxygens (including phenoxy) is 1. The summed E-state index contributed by atoms with van der Waals surface area (Å²) >= 11 is 0. The first-order chi connectivity index (χ1) is 14.6. The molecule has 0 fully saturated rings. The second-order valence-corrected chi connectivity index (χ2v) is 6.76. The predicted molar refractivity (Wildman–Crippen MR) is 123 cm³/mol. The fraction of sp³-hybridized carbons (Fsp3) is 0.120. The summed E-state index contributed by atoms with van der Waals surface area (Å²) < 4.78 is 5.85. The van der Waals surface area contributed by atoms with E-state index in [1.807, 2.05) is 73.7 Å². The molecule has 4 N–H and O–H groups in total. The molecule has 0 saturated carbocycles. The Hall–Kier alpha value is -3.86. The van der Waals surface area contributed by atoms with Crippen molar-refractivity contribution in [1.29, 1.82) is 5.41 Å². The molecule has 0 aliphatic carbocycles. The first-order valence-electron chi connectivity index (χ1n) is 9.81. The van der Waals surface area contributed by atoms with E-state index in [1.165, 1.54) is 0 Å². The molecule has 5 heteroatoms. The van der Waals surface area contributed by atoms with Crippen LogP contribution in [-0.4, -0.2) is 10.7 Å². The molecule has 1 heterocycles. The minimum atomic E-state index is 0.213. The average molecular weight is 399 g/mol. The smallest absolute Gasteiger partial charge is 0.132 e. The van der Waals surface area contributed by atoms with Crippen LogP contribution >= 0.6 is 0 Å². The third-order valence-electron chi connectivity index (χ3n) is 4.54. The number of rotatable bonds is 9. The SMILES string of the molecule is C=C(N/C=C\CC)C(=N)c1cc(-c2ccc(OCc3ccccc3)cc2)cnc1N. The molecule has 152 valence electrons. The number of benzene rings is 2. The lowest BCUT2D eigenvalue weighted by Gasteiger charge is -2.12. The minimum Gasteiger partial charge on any atom is -0.489 e. The van der Waals surface area contributed by atoms with E-state index < -0.39 is 0 Å². The summed E-state index contributed by atoms with van der Waals surface area (Å²) in [6.07, 6.45) is 6.34. The van der Waals surface area contributed by atoms with Crippen molar-refractivity contribution in [3.8, 4) is 16.9 Å². The van der Waals surface area contributed by atoms with Crippen LogP contribution < -0.4 is 15.8 Å². The highest BCUT2D eigenvalue weighted by molar-refractivity contribution is 6.13. The summed E-state index contributed by atoms with van der Waals surface area (Å²) in [5.74, 6) is 1.09. The molecule has 0 aliphatic heterocycles. The number of nitrogens with one attached hydrogen (secondary N) is 2. The van der Waals surface area contributed by atoms with Crippen molar-refractivity contribution in [2.75, 3.05) is 5.73 Å².